The first-order chi connectivity index (χ1) is 13.9. The number of hydrogen-bond donors (Lipinski definition) is 0. The van der Waals surface area contributed by atoms with Crippen LogP contribution in [0.1, 0.15) is 48.0 Å². The highest BCUT2D eigenvalue weighted by atomic mass is 16.7. The molecule has 0 unspecified atom stereocenters. The lowest BCUT2D eigenvalue weighted by molar-refractivity contribution is -0.0585. The Morgan fingerprint density at radius 2 is 1.55 bits per heavy atom. The van der Waals surface area contributed by atoms with E-state index in [0.29, 0.717) is 16.3 Å². The lowest BCUT2D eigenvalue weighted by Crippen LogP contribution is -2.32. The summed E-state index contributed by atoms with van der Waals surface area (Å²) >= 11 is 0. The molecule has 0 saturated heterocycles. The third kappa shape index (κ3) is 2.87. The molecule has 2 heterocycles. The van der Waals surface area contributed by atoms with Gasteiger partial charge < -0.3 is 9.40 Å². The summed E-state index contributed by atoms with van der Waals surface area (Å²) in [4.78, 5) is 42.7. The number of aromatic nitrogens is 1. The summed E-state index contributed by atoms with van der Waals surface area (Å²) in [7, 11) is 0. The summed E-state index contributed by atoms with van der Waals surface area (Å²) in [6.07, 6.45) is 0. The van der Waals surface area contributed by atoms with Crippen LogP contribution in [0.3, 0.4) is 0 Å². The Morgan fingerprint density at radius 3 is 2.10 bits per heavy atom. The smallest absolute Gasteiger partial charge is 0.324 e. The van der Waals surface area contributed by atoms with Gasteiger partial charge in [0, 0.05) is 17.1 Å². The molecule has 0 fully saturated rings. The Balaban J connectivity index is 1.63. The molecule has 7 nitrogen and oxygen atoms in total. The first kappa shape index (κ1) is 18.2. The van der Waals surface area contributed by atoms with Crippen molar-refractivity contribution in [2.45, 2.75) is 13.8 Å². The molecule has 0 radical (unpaired) electrons. The Labute approximate surface area is 166 Å². The summed E-state index contributed by atoms with van der Waals surface area (Å²) in [6, 6.07) is 16.9. The fourth-order valence-electron chi connectivity index (χ4n) is 3.43. The maximum Gasteiger partial charge on any atom is 0.365 e. The van der Waals surface area contributed by atoms with Crippen LogP contribution in [0.2, 0.25) is 0 Å². The molecule has 7 heteroatoms. The van der Waals surface area contributed by atoms with E-state index in [-0.39, 0.29) is 16.7 Å². The van der Waals surface area contributed by atoms with Crippen molar-refractivity contribution in [2.24, 2.45) is 0 Å². The second kappa shape index (κ2) is 6.77. The van der Waals surface area contributed by atoms with Crippen molar-refractivity contribution in [2.75, 3.05) is 0 Å². The Hall–Kier alpha value is -4.18. The molecule has 0 spiro atoms. The van der Waals surface area contributed by atoms with Gasteiger partial charge in [0.15, 0.2) is 0 Å². The Kier molecular flexibility index (Phi) is 4.24. The van der Waals surface area contributed by atoms with Crippen LogP contribution >= 0.6 is 0 Å². The molecule has 2 aromatic carbocycles. The van der Waals surface area contributed by atoms with E-state index in [4.69, 9.17) is 10.1 Å². The van der Waals surface area contributed by atoms with Gasteiger partial charge in [-0.1, -0.05) is 17.2 Å². The van der Waals surface area contributed by atoms with Gasteiger partial charge in [-0.2, -0.15) is 5.26 Å². The van der Waals surface area contributed by atoms with Gasteiger partial charge in [-0.3, -0.25) is 9.59 Å². The van der Waals surface area contributed by atoms with Crippen LogP contribution in [-0.4, -0.2) is 27.4 Å². The first-order valence-electron chi connectivity index (χ1n) is 8.82. The number of carbonyl (C=O) groups excluding carboxylic acids is 3. The van der Waals surface area contributed by atoms with Crippen LogP contribution in [0, 0.1) is 25.2 Å². The molecule has 0 aliphatic carbocycles. The largest absolute Gasteiger partial charge is 0.365 e. The number of hydroxylamine groups is 2. The number of nitrogens with zero attached hydrogens (tertiary/aromatic N) is 3. The van der Waals surface area contributed by atoms with Crippen molar-refractivity contribution >= 4 is 17.8 Å². The monoisotopic (exact) mass is 385 g/mol. The molecule has 2 amide bonds. The molecule has 3 aromatic rings. The number of fused-ring (bicyclic) bond motifs is 1. The third-order valence-electron chi connectivity index (χ3n) is 4.84. The topological polar surface area (TPSA) is 92.4 Å². The number of amides is 2. The van der Waals surface area contributed by atoms with E-state index in [2.05, 4.69) is 6.07 Å². The van der Waals surface area contributed by atoms with Crippen LogP contribution in [0.15, 0.2) is 54.6 Å². The van der Waals surface area contributed by atoms with Gasteiger partial charge in [-0.25, -0.2) is 4.79 Å². The number of nitriles is 1. The molecule has 1 aliphatic rings. The zero-order valence-electron chi connectivity index (χ0n) is 15.7. The summed E-state index contributed by atoms with van der Waals surface area (Å²) < 4.78 is 1.83. The molecule has 0 bridgehead atoms. The molecule has 29 heavy (non-hydrogen) atoms. The van der Waals surface area contributed by atoms with Crippen molar-refractivity contribution in [3.8, 4) is 11.8 Å². The zero-order chi connectivity index (χ0) is 20.7. The summed E-state index contributed by atoms with van der Waals surface area (Å²) in [6.45, 7) is 3.56. The van der Waals surface area contributed by atoms with E-state index in [0.717, 1.165) is 11.4 Å². The number of benzene rings is 2. The van der Waals surface area contributed by atoms with Crippen LogP contribution in [0.5, 0.6) is 0 Å². The number of imide groups is 1. The number of rotatable bonds is 3. The van der Waals surface area contributed by atoms with Gasteiger partial charge >= 0.3 is 5.97 Å². The summed E-state index contributed by atoms with van der Waals surface area (Å²) in [5, 5.41) is 9.45. The van der Waals surface area contributed by atoms with Crippen molar-refractivity contribution in [3.05, 3.63) is 88.2 Å². The maximum atomic E-state index is 12.7. The number of hydrogen-bond acceptors (Lipinski definition) is 5. The molecule has 1 aromatic heterocycles. The quantitative estimate of drug-likeness (QED) is 0.645. The van der Waals surface area contributed by atoms with E-state index >= 15 is 0 Å². The minimum absolute atomic E-state index is 0.202. The van der Waals surface area contributed by atoms with Crippen LogP contribution < -0.4 is 0 Å². The molecule has 0 saturated carbocycles. The van der Waals surface area contributed by atoms with E-state index < -0.39 is 17.8 Å². The molecule has 1 aliphatic heterocycles. The standard InChI is InChI=1S/C22H15N3O4/c1-13-11-19(14(2)24(13)16-9-7-15(12-23)8-10-16)22(28)29-25-20(26)17-5-3-4-6-18(17)21(25)27/h3-11H,1-2H3. The lowest BCUT2D eigenvalue weighted by atomic mass is 10.1. The lowest BCUT2D eigenvalue weighted by Gasteiger charge is -2.13. The normalized spacial score (nSPS) is 12.7. The van der Waals surface area contributed by atoms with Gasteiger partial charge in [-0.05, 0) is 56.3 Å². The zero-order valence-corrected chi connectivity index (χ0v) is 15.7. The molecular weight excluding hydrogens is 370 g/mol. The van der Waals surface area contributed by atoms with Crippen LogP contribution in [0.4, 0.5) is 0 Å². The molecule has 142 valence electrons. The first-order valence-corrected chi connectivity index (χ1v) is 8.82. The van der Waals surface area contributed by atoms with Crippen LogP contribution in [0.25, 0.3) is 5.69 Å². The Bertz CT molecular complexity index is 1180. The van der Waals surface area contributed by atoms with Crippen molar-refractivity contribution in [1.82, 2.24) is 9.63 Å². The maximum absolute atomic E-state index is 12.7. The van der Waals surface area contributed by atoms with Gasteiger partial charge in [-0.15, -0.1) is 0 Å². The number of carbonyl (C=O) groups is 3. The van der Waals surface area contributed by atoms with E-state index in [1.54, 1.807) is 49.4 Å². The van der Waals surface area contributed by atoms with Gasteiger partial charge in [0.05, 0.1) is 28.3 Å². The highest BCUT2D eigenvalue weighted by Gasteiger charge is 2.39. The second-order valence-electron chi connectivity index (χ2n) is 6.61. The summed E-state index contributed by atoms with van der Waals surface area (Å²) in [5.41, 5.74) is 3.31. The number of aryl methyl sites for hydroxylation is 1. The molecule has 4 rings (SSSR count). The minimum atomic E-state index is -0.799. The fraction of sp³-hybridized carbons (Fsp3) is 0.0909. The average Bonchev–Trinajstić information content (AvgIpc) is 3.16. The minimum Gasteiger partial charge on any atom is -0.324 e. The molecule has 0 atom stereocenters. The van der Waals surface area contributed by atoms with Crippen LogP contribution in [-0.2, 0) is 4.84 Å². The van der Waals surface area contributed by atoms with E-state index in [1.807, 2.05) is 11.5 Å². The van der Waals surface area contributed by atoms with Gasteiger partial charge in [0.25, 0.3) is 11.8 Å². The highest BCUT2D eigenvalue weighted by molar-refractivity contribution is 6.21. The third-order valence-corrected chi connectivity index (χ3v) is 4.84. The van der Waals surface area contributed by atoms with Gasteiger partial charge in [0.1, 0.15) is 0 Å². The predicted octanol–water partition coefficient (Wildman–Crippen LogP) is 3.33. The predicted molar refractivity (Wildman–Crippen MR) is 102 cm³/mol. The van der Waals surface area contributed by atoms with Crippen molar-refractivity contribution in [3.63, 3.8) is 0 Å². The van der Waals surface area contributed by atoms with E-state index in [9.17, 15) is 14.4 Å². The summed E-state index contributed by atoms with van der Waals surface area (Å²) in [5.74, 6) is -2.13. The van der Waals surface area contributed by atoms with Crippen molar-refractivity contribution < 1.29 is 19.2 Å². The van der Waals surface area contributed by atoms with E-state index in [1.165, 1.54) is 12.1 Å². The fourth-order valence-corrected chi connectivity index (χ4v) is 3.43. The van der Waals surface area contributed by atoms with Gasteiger partial charge in [0.2, 0.25) is 0 Å². The highest BCUT2D eigenvalue weighted by Crippen LogP contribution is 2.26. The molecule has 0 N–H and O–H groups in total. The SMILES string of the molecule is Cc1cc(C(=O)ON2C(=O)c3ccccc3C2=O)c(C)n1-c1ccc(C#N)cc1. The Morgan fingerprint density at radius 1 is 0.966 bits per heavy atom. The van der Waals surface area contributed by atoms with Crippen molar-refractivity contribution in [1.29, 1.82) is 5.26 Å². The average molecular weight is 385 g/mol. The second-order valence-corrected chi connectivity index (χ2v) is 6.61. The molecular formula is C22H15N3O4.